The molecule has 0 heterocycles. The molecule has 0 bridgehead atoms. The van der Waals surface area contributed by atoms with Crippen molar-refractivity contribution in [1.29, 1.82) is 0 Å². The molecule has 0 saturated heterocycles. The van der Waals surface area contributed by atoms with Crippen molar-refractivity contribution in [3.05, 3.63) is 63.9 Å². The maximum absolute atomic E-state index is 13.9. The molecular formula is C15H13ClFNOS. The lowest BCUT2D eigenvalue weighted by Gasteiger charge is -2.10. The molecule has 2 aromatic rings. The minimum Gasteiger partial charge on any atom is -0.489 e. The standard InChI is InChI=1S/C15H13ClFNOS/c1-9-6-12(16)4-5-14(9)19-8-11-3-2-10(15(18)20)7-13(11)17/h2-7H,8H2,1H3,(H2,18,20). The largest absolute Gasteiger partial charge is 0.489 e. The lowest BCUT2D eigenvalue weighted by atomic mass is 10.1. The van der Waals surface area contributed by atoms with E-state index in [0.717, 1.165) is 5.56 Å². The predicted octanol–water partition coefficient (Wildman–Crippen LogP) is 4.00. The van der Waals surface area contributed by atoms with Crippen molar-refractivity contribution in [2.45, 2.75) is 13.5 Å². The molecule has 2 nitrogen and oxygen atoms in total. The first-order valence-corrected chi connectivity index (χ1v) is 6.73. The number of ether oxygens (including phenoxy) is 1. The van der Waals surface area contributed by atoms with Gasteiger partial charge in [-0.1, -0.05) is 36.0 Å². The molecule has 0 saturated carbocycles. The number of thiocarbonyl (C=S) groups is 1. The molecule has 0 amide bonds. The van der Waals surface area contributed by atoms with E-state index in [1.54, 1.807) is 30.3 Å². The zero-order valence-electron chi connectivity index (χ0n) is 10.8. The van der Waals surface area contributed by atoms with E-state index in [1.807, 2.05) is 6.92 Å². The van der Waals surface area contributed by atoms with Crippen molar-refractivity contribution < 1.29 is 9.13 Å². The molecule has 0 aliphatic rings. The van der Waals surface area contributed by atoms with E-state index >= 15 is 0 Å². The van der Waals surface area contributed by atoms with E-state index in [1.165, 1.54) is 6.07 Å². The lowest BCUT2D eigenvalue weighted by Crippen LogP contribution is -2.10. The fourth-order valence-corrected chi connectivity index (χ4v) is 2.10. The Labute approximate surface area is 127 Å². The van der Waals surface area contributed by atoms with Crippen LogP contribution in [0.5, 0.6) is 5.75 Å². The van der Waals surface area contributed by atoms with Crippen LogP contribution in [0.25, 0.3) is 0 Å². The average Bonchev–Trinajstić information content (AvgIpc) is 2.38. The van der Waals surface area contributed by atoms with Crippen molar-refractivity contribution in [3.8, 4) is 5.75 Å². The molecule has 5 heteroatoms. The van der Waals surface area contributed by atoms with Gasteiger partial charge in [0, 0.05) is 16.1 Å². The SMILES string of the molecule is Cc1cc(Cl)ccc1OCc1ccc(C(N)=S)cc1F. The Kier molecular flexibility index (Phi) is 4.57. The Morgan fingerprint density at radius 1 is 1.30 bits per heavy atom. The number of aryl methyl sites for hydroxylation is 1. The minimum absolute atomic E-state index is 0.131. The van der Waals surface area contributed by atoms with Crippen LogP contribution in [0.2, 0.25) is 5.02 Å². The summed E-state index contributed by atoms with van der Waals surface area (Å²) in [5.41, 5.74) is 7.30. The predicted molar refractivity (Wildman–Crippen MR) is 82.8 cm³/mol. The van der Waals surface area contributed by atoms with Crippen LogP contribution in [0.3, 0.4) is 0 Å². The second-order valence-corrected chi connectivity index (χ2v) is 5.25. The van der Waals surface area contributed by atoms with E-state index in [2.05, 4.69) is 0 Å². The summed E-state index contributed by atoms with van der Waals surface area (Å²) in [6, 6.07) is 9.90. The molecule has 0 aliphatic carbocycles. The third-order valence-corrected chi connectivity index (χ3v) is 3.33. The molecule has 0 aromatic heterocycles. The molecule has 0 atom stereocenters. The van der Waals surface area contributed by atoms with Crippen molar-refractivity contribution in [1.82, 2.24) is 0 Å². The summed E-state index contributed by atoms with van der Waals surface area (Å²) in [4.78, 5) is 0.171. The molecule has 2 aromatic carbocycles. The molecule has 0 unspecified atom stereocenters. The Hall–Kier alpha value is -1.65. The third kappa shape index (κ3) is 3.46. The van der Waals surface area contributed by atoms with Gasteiger partial charge in [0.2, 0.25) is 0 Å². The summed E-state index contributed by atoms with van der Waals surface area (Å²) in [5, 5.41) is 0.641. The summed E-state index contributed by atoms with van der Waals surface area (Å²) in [7, 11) is 0. The van der Waals surface area contributed by atoms with Crippen molar-refractivity contribution in [2.24, 2.45) is 5.73 Å². The van der Waals surface area contributed by atoms with E-state index in [0.29, 0.717) is 21.9 Å². The average molecular weight is 310 g/mol. The molecule has 0 spiro atoms. The van der Waals surface area contributed by atoms with Crippen molar-refractivity contribution in [3.63, 3.8) is 0 Å². The second-order valence-electron chi connectivity index (χ2n) is 4.37. The molecule has 0 fully saturated rings. The summed E-state index contributed by atoms with van der Waals surface area (Å²) in [5.74, 6) is 0.286. The topological polar surface area (TPSA) is 35.2 Å². The van der Waals surface area contributed by atoms with Crippen LogP contribution in [0.4, 0.5) is 4.39 Å². The van der Waals surface area contributed by atoms with Gasteiger partial charge in [-0.15, -0.1) is 0 Å². The first kappa shape index (κ1) is 14.8. The highest BCUT2D eigenvalue weighted by Crippen LogP contribution is 2.23. The smallest absolute Gasteiger partial charge is 0.130 e. The molecule has 0 radical (unpaired) electrons. The number of hydrogen-bond acceptors (Lipinski definition) is 2. The van der Waals surface area contributed by atoms with E-state index < -0.39 is 0 Å². The van der Waals surface area contributed by atoms with Crippen LogP contribution >= 0.6 is 23.8 Å². The Morgan fingerprint density at radius 2 is 2.05 bits per heavy atom. The number of halogens is 2. The van der Waals surface area contributed by atoms with Crippen LogP contribution in [0.15, 0.2) is 36.4 Å². The highest BCUT2D eigenvalue weighted by atomic mass is 35.5. The first-order chi connectivity index (χ1) is 9.47. The summed E-state index contributed by atoms with van der Waals surface area (Å²) >= 11 is 10.7. The Balaban J connectivity index is 2.13. The second kappa shape index (κ2) is 6.20. The molecular weight excluding hydrogens is 297 g/mol. The van der Waals surface area contributed by atoms with Gasteiger partial charge in [0.1, 0.15) is 23.2 Å². The van der Waals surface area contributed by atoms with Gasteiger partial charge in [-0.2, -0.15) is 0 Å². The molecule has 2 N–H and O–H groups in total. The fourth-order valence-electron chi connectivity index (χ4n) is 1.75. The van der Waals surface area contributed by atoms with Crippen LogP contribution in [0.1, 0.15) is 16.7 Å². The van der Waals surface area contributed by atoms with Crippen molar-refractivity contribution in [2.75, 3.05) is 0 Å². The van der Waals surface area contributed by atoms with Gasteiger partial charge in [-0.3, -0.25) is 0 Å². The van der Waals surface area contributed by atoms with E-state index in [4.69, 9.17) is 34.3 Å². The van der Waals surface area contributed by atoms with Gasteiger partial charge in [0.15, 0.2) is 0 Å². The Bertz CT molecular complexity index is 660. The van der Waals surface area contributed by atoms with Crippen LogP contribution in [-0.4, -0.2) is 4.99 Å². The normalized spacial score (nSPS) is 10.3. The Morgan fingerprint density at radius 3 is 2.65 bits per heavy atom. The van der Waals surface area contributed by atoms with Gasteiger partial charge < -0.3 is 10.5 Å². The number of rotatable bonds is 4. The monoisotopic (exact) mass is 309 g/mol. The summed E-state index contributed by atoms with van der Waals surface area (Å²) in [6.07, 6.45) is 0. The van der Waals surface area contributed by atoms with Crippen LogP contribution in [0, 0.1) is 12.7 Å². The van der Waals surface area contributed by atoms with Gasteiger partial charge in [-0.05, 0) is 36.8 Å². The van der Waals surface area contributed by atoms with Gasteiger partial charge in [-0.25, -0.2) is 4.39 Å². The van der Waals surface area contributed by atoms with Crippen LogP contribution < -0.4 is 10.5 Å². The van der Waals surface area contributed by atoms with Crippen molar-refractivity contribution >= 4 is 28.8 Å². The maximum Gasteiger partial charge on any atom is 0.130 e. The quantitative estimate of drug-likeness (QED) is 0.867. The molecule has 2 rings (SSSR count). The van der Waals surface area contributed by atoms with E-state index in [-0.39, 0.29) is 17.4 Å². The molecule has 20 heavy (non-hydrogen) atoms. The number of hydrogen-bond donors (Lipinski definition) is 1. The summed E-state index contributed by atoms with van der Waals surface area (Å²) < 4.78 is 19.5. The minimum atomic E-state index is -0.387. The van der Waals surface area contributed by atoms with Gasteiger partial charge >= 0.3 is 0 Å². The fraction of sp³-hybridized carbons (Fsp3) is 0.133. The number of benzene rings is 2. The molecule has 104 valence electrons. The highest BCUT2D eigenvalue weighted by Gasteiger charge is 2.07. The van der Waals surface area contributed by atoms with Crippen LogP contribution in [-0.2, 0) is 6.61 Å². The lowest BCUT2D eigenvalue weighted by molar-refractivity contribution is 0.298. The maximum atomic E-state index is 13.9. The zero-order chi connectivity index (χ0) is 14.7. The zero-order valence-corrected chi connectivity index (χ0v) is 12.4. The van der Waals surface area contributed by atoms with E-state index in [9.17, 15) is 4.39 Å². The van der Waals surface area contributed by atoms with Gasteiger partial charge in [0.05, 0.1) is 0 Å². The highest BCUT2D eigenvalue weighted by molar-refractivity contribution is 7.80. The van der Waals surface area contributed by atoms with Gasteiger partial charge in [0.25, 0.3) is 0 Å². The summed E-state index contributed by atoms with van der Waals surface area (Å²) in [6.45, 7) is 2.01. The first-order valence-electron chi connectivity index (χ1n) is 5.94. The molecule has 0 aliphatic heterocycles. The number of nitrogens with two attached hydrogens (primary N) is 1. The third-order valence-electron chi connectivity index (χ3n) is 2.86.